The summed E-state index contributed by atoms with van der Waals surface area (Å²) in [5, 5.41) is 35.3. The molecule has 35 heavy (non-hydrogen) atoms. The number of aliphatic hydroxyl groups is 1. The highest BCUT2D eigenvalue weighted by atomic mass is 16.4. The number of nitrogens with one attached hydrogen (secondary N) is 3. The monoisotopic (exact) mass is 494 g/mol. The van der Waals surface area contributed by atoms with E-state index in [1.54, 1.807) is 44.2 Å². The van der Waals surface area contributed by atoms with E-state index >= 15 is 0 Å². The summed E-state index contributed by atoms with van der Waals surface area (Å²) in [6, 6.07) is 3.36. The lowest BCUT2D eigenvalue weighted by Crippen LogP contribution is -2.60. The lowest BCUT2D eigenvalue weighted by Gasteiger charge is -2.26. The van der Waals surface area contributed by atoms with E-state index in [0.29, 0.717) is 0 Å². The minimum absolute atomic E-state index is 0.0838. The summed E-state index contributed by atoms with van der Waals surface area (Å²) >= 11 is 0. The van der Waals surface area contributed by atoms with E-state index in [1.165, 1.54) is 6.92 Å². The highest BCUT2D eigenvalue weighted by molar-refractivity contribution is 5.95. The molecule has 1 aromatic carbocycles. The van der Waals surface area contributed by atoms with Crippen LogP contribution < -0.4 is 21.7 Å². The van der Waals surface area contributed by atoms with E-state index in [-0.39, 0.29) is 18.8 Å². The summed E-state index contributed by atoms with van der Waals surface area (Å²) < 4.78 is 0. The van der Waals surface area contributed by atoms with Crippen LogP contribution in [-0.2, 0) is 30.4 Å². The molecular weight excluding hydrogens is 460 g/mol. The van der Waals surface area contributed by atoms with Crippen LogP contribution in [0.4, 0.5) is 0 Å². The molecule has 5 unspecified atom stereocenters. The Morgan fingerprint density at radius 3 is 1.91 bits per heavy atom. The molecular formula is C23H34N4O8. The average molecular weight is 495 g/mol. The van der Waals surface area contributed by atoms with Crippen molar-refractivity contribution in [3.05, 3.63) is 35.9 Å². The molecule has 194 valence electrons. The number of carbonyl (C=O) groups excluding carboxylic acids is 3. The number of rotatable bonds is 14. The number of carboxylic acid groups (broad SMARTS) is 2. The maximum absolute atomic E-state index is 12.8. The first kappa shape index (κ1) is 29.5. The summed E-state index contributed by atoms with van der Waals surface area (Å²) in [5.41, 5.74) is 6.69. The van der Waals surface area contributed by atoms with Gasteiger partial charge in [-0.05, 0) is 31.2 Å². The standard InChI is InChI=1S/C23H34N4O8/c1-12(2)9-17(23(34)35)26-21(32)16(11-18(29)30)25-22(33)19(13(3)28)27-20(31)15(24)10-14-7-5-4-6-8-14/h4-8,12-13,15-17,19,28H,9-11,24H2,1-3H3,(H,25,33)(H,26,32)(H,27,31)(H,29,30)(H,34,35). The quantitative estimate of drug-likeness (QED) is 0.169. The van der Waals surface area contributed by atoms with Crippen LogP contribution in [0.5, 0.6) is 0 Å². The van der Waals surface area contributed by atoms with E-state index in [1.807, 2.05) is 0 Å². The summed E-state index contributed by atoms with van der Waals surface area (Å²) in [7, 11) is 0. The number of carbonyl (C=O) groups is 5. The van der Waals surface area contributed by atoms with Crippen LogP contribution in [0, 0.1) is 5.92 Å². The number of nitrogens with two attached hydrogens (primary N) is 1. The molecule has 0 aromatic heterocycles. The molecule has 12 nitrogen and oxygen atoms in total. The number of carboxylic acids is 2. The Hall–Kier alpha value is -3.51. The van der Waals surface area contributed by atoms with Crippen molar-refractivity contribution in [1.29, 1.82) is 0 Å². The Morgan fingerprint density at radius 2 is 1.43 bits per heavy atom. The molecule has 0 saturated heterocycles. The van der Waals surface area contributed by atoms with Crippen molar-refractivity contribution in [2.75, 3.05) is 0 Å². The van der Waals surface area contributed by atoms with Gasteiger partial charge in [-0.1, -0.05) is 44.2 Å². The van der Waals surface area contributed by atoms with Crippen LogP contribution in [0.1, 0.15) is 39.2 Å². The van der Waals surface area contributed by atoms with E-state index in [4.69, 9.17) is 10.8 Å². The van der Waals surface area contributed by atoms with Gasteiger partial charge in [0.1, 0.15) is 18.1 Å². The van der Waals surface area contributed by atoms with E-state index in [2.05, 4.69) is 16.0 Å². The molecule has 1 rings (SSSR count). The summed E-state index contributed by atoms with van der Waals surface area (Å²) in [5.74, 6) is -5.61. The fraction of sp³-hybridized carbons (Fsp3) is 0.522. The second-order valence-corrected chi connectivity index (χ2v) is 8.71. The minimum Gasteiger partial charge on any atom is -0.481 e. The van der Waals surface area contributed by atoms with Crippen LogP contribution >= 0.6 is 0 Å². The average Bonchev–Trinajstić information content (AvgIpc) is 2.75. The van der Waals surface area contributed by atoms with Gasteiger partial charge in [0.2, 0.25) is 17.7 Å². The van der Waals surface area contributed by atoms with Gasteiger partial charge in [-0.25, -0.2) is 4.79 Å². The third-order valence-electron chi connectivity index (χ3n) is 5.03. The predicted octanol–water partition coefficient (Wildman–Crippen LogP) is -1.00. The summed E-state index contributed by atoms with van der Waals surface area (Å²) in [6.07, 6.45) is -2.01. The highest BCUT2D eigenvalue weighted by Crippen LogP contribution is 2.07. The van der Waals surface area contributed by atoms with Crippen LogP contribution in [0.2, 0.25) is 0 Å². The zero-order chi connectivity index (χ0) is 26.7. The zero-order valence-corrected chi connectivity index (χ0v) is 19.9. The molecule has 0 bridgehead atoms. The SMILES string of the molecule is CC(C)CC(NC(=O)C(CC(=O)O)NC(=O)C(NC(=O)C(N)Cc1ccccc1)C(C)O)C(=O)O. The number of hydrogen-bond donors (Lipinski definition) is 7. The van der Waals surface area contributed by atoms with Crippen molar-refractivity contribution >= 4 is 29.7 Å². The van der Waals surface area contributed by atoms with Crippen molar-refractivity contribution in [2.45, 2.75) is 70.3 Å². The fourth-order valence-electron chi connectivity index (χ4n) is 3.24. The smallest absolute Gasteiger partial charge is 0.326 e. The topological polar surface area (TPSA) is 208 Å². The third kappa shape index (κ3) is 10.5. The van der Waals surface area contributed by atoms with Gasteiger partial charge in [0.15, 0.2) is 0 Å². The molecule has 3 amide bonds. The van der Waals surface area contributed by atoms with E-state index in [0.717, 1.165) is 5.56 Å². The Bertz CT molecular complexity index is 891. The van der Waals surface area contributed by atoms with Gasteiger partial charge in [0, 0.05) is 0 Å². The van der Waals surface area contributed by atoms with Crippen LogP contribution in [-0.4, -0.2) is 75.3 Å². The number of amides is 3. The first-order chi connectivity index (χ1) is 16.3. The van der Waals surface area contributed by atoms with Gasteiger partial charge in [-0.2, -0.15) is 0 Å². The maximum Gasteiger partial charge on any atom is 0.326 e. The van der Waals surface area contributed by atoms with Gasteiger partial charge >= 0.3 is 11.9 Å². The fourth-order valence-corrected chi connectivity index (χ4v) is 3.24. The van der Waals surface area contributed by atoms with Crippen LogP contribution in [0.25, 0.3) is 0 Å². The molecule has 1 aromatic rings. The van der Waals surface area contributed by atoms with Crippen molar-refractivity contribution < 1.29 is 39.3 Å². The third-order valence-corrected chi connectivity index (χ3v) is 5.03. The number of hydrogen-bond acceptors (Lipinski definition) is 7. The van der Waals surface area contributed by atoms with E-state index < -0.39 is 66.4 Å². The van der Waals surface area contributed by atoms with Gasteiger partial charge in [0.05, 0.1) is 18.6 Å². The number of aliphatic hydroxyl groups excluding tert-OH is 1. The Balaban J connectivity index is 2.93. The van der Waals surface area contributed by atoms with Gasteiger partial charge in [0.25, 0.3) is 0 Å². The Labute approximate surface area is 203 Å². The van der Waals surface area contributed by atoms with Crippen LogP contribution in [0.15, 0.2) is 30.3 Å². The second-order valence-electron chi connectivity index (χ2n) is 8.71. The summed E-state index contributed by atoms with van der Waals surface area (Å²) in [4.78, 5) is 60.6. The molecule has 0 aliphatic carbocycles. The molecule has 8 N–H and O–H groups in total. The first-order valence-electron chi connectivity index (χ1n) is 11.1. The molecule has 0 radical (unpaired) electrons. The molecule has 0 heterocycles. The lowest BCUT2D eigenvalue weighted by molar-refractivity contribution is -0.144. The zero-order valence-electron chi connectivity index (χ0n) is 19.9. The molecule has 12 heteroatoms. The molecule has 5 atom stereocenters. The van der Waals surface area contributed by atoms with Crippen molar-refractivity contribution in [1.82, 2.24) is 16.0 Å². The van der Waals surface area contributed by atoms with Crippen molar-refractivity contribution in [3.63, 3.8) is 0 Å². The number of benzene rings is 1. The van der Waals surface area contributed by atoms with Crippen molar-refractivity contribution in [2.24, 2.45) is 11.7 Å². The largest absolute Gasteiger partial charge is 0.481 e. The lowest BCUT2D eigenvalue weighted by atomic mass is 10.0. The predicted molar refractivity (Wildman–Crippen MR) is 125 cm³/mol. The maximum atomic E-state index is 12.8. The Morgan fingerprint density at radius 1 is 0.857 bits per heavy atom. The number of aliphatic carboxylic acids is 2. The van der Waals surface area contributed by atoms with Crippen LogP contribution in [0.3, 0.4) is 0 Å². The first-order valence-corrected chi connectivity index (χ1v) is 11.1. The second kappa shape index (κ2) is 14.0. The van der Waals surface area contributed by atoms with Gasteiger partial charge < -0.3 is 37.0 Å². The minimum atomic E-state index is -1.65. The van der Waals surface area contributed by atoms with E-state index in [9.17, 15) is 34.2 Å². The molecule has 0 aliphatic heterocycles. The Kier molecular flexibility index (Phi) is 11.8. The normalized spacial score (nSPS) is 15.3. The molecule has 0 saturated carbocycles. The molecule has 0 fully saturated rings. The molecule has 0 aliphatic rings. The summed E-state index contributed by atoms with van der Waals surface area (Å²) in [6.45, 7) is 4.72. The van der Waals surface area contributed by atoms with Gasteiger partial charge in [-0.15, -0.1) is 0 Å². The van der Waals surface area contributed by atoms with Gasteiger partial charge in [-0.3, -0.25) is 19.2 Å². The highest BCUT2D eigenvalue weighted by Gasteiger charge is 2.33. The van der Waals surface area contributed by atoms with Crippen molar-refractivity contribution in [3.8, 4) is 0 Å². The molecule has 0 spiro atoms.